The van der Waals surface area contributed by atoms with Crippen molar-refractivity contribution in [3.05, 3.63) is 36.8 Å². The number of nitrogens with zero attached hydrogens (tertiary/aromatic N) is 3. The highest BCUT2D eigenvalue weighted by molar-refractivity contribution is 6.05. The summed E-state index contributed by atoms with van der Waals surface area (Å²) in [4.78, 5) is 19.4. The molecule has 0 spiro atoms. The Balaban J connectivity index is 2.28. The van der Waals surface area contributed by atoms with Crippen LogP contribution in [-0.2, 0) is 0 Å². The Hall–Kier alpha value is -2.56. The predicted molar refractivity (Wildman–Crippen MR) is 63.3 cm³/mol. The Morgan fingerprint density at radius 1 is 1.12 bits per heavy atom. The molecule has 0 fully saturated rings. The van der Waals surface area contributed by atoms with Crippen molar-refractivity contribution in [2.75, 3.05) is 0 Å². The summed E-state index contributed by atoms with van der Waals surface area (Å²) in [5.41, 5.74) is 4.11. The maximum Gasteiger partial charge on any atom is 0.297 e. The van der Waals surface area contributed by atoms with E-state index in [9.17, 15) is 0 Å². The largest absolute Gasteiger partial charge is 0.338 e. The van der Waals surface area contributed by atoms with Crippen molar-refractivity contribution < 1.29 is 4.98 Å². The van der Waals surface area contributed by atoms with Crippen molar-refractivity contribution in [3.8, 4) is 0 Å². The highest BCUT2D eigenvalue weighted by atomic mass is 15.0. The van der Waals surface area contributed by atoms with E-state index in [4.69, 9.17) is 0 Å². The third kappa shape index (κ3) is 1.13. The molecule has 5 nitrogen and oxygen atoms in total. The first-order valence-electron chi connectivity index (χ1n) is 5.32. The molecule has 3 aromatic heterocycles. The van der Waals surface area contributed by atoms with Crippen molar-refractivity contribution in [3.63, 3.8) is 0 Å². The first-order valence-corrected chi connectivity index (χ1v) is 5.32. The highest BCUT2D eigenvalue weighted by Gasteiger charge is 2.10. The number of hydrogen-bond donors (Lipinski definition) is 1. The van der Waals surface area contributed by atoms with Crippen LogP contribution >= 0.6 is 0 Å². The molecule has 0 aliphatic carbocycles. The number of aromatic amines is 2. The first kappa shape index (κ1) is 8.58. The van der Waals surface area contributed by atoms with Gasteiger partial charge in [0, 0.05) is 10.9 Å². The smallest absolute Gasteiger partial charge is 0.297 e. The van der Waals surface area contributed by atoms with E-state index in [1.54, 1.807) is 12.5 Å². The molecular weight excluding hydrogens is 214 g/mol. The lowest BCUT2D eigenvalue weighted by atomic mass is 10.2. The van der Waals surface area contributed by atoms with Gasteiger partial charge in [-0.2, -0.15) is 4.98 Å². The fourth-order valence-corrected chi connectivity index (χ4v) is 2.05. The van der Waals surface area contributed by atoms with Gasteiger partial charge >= 0.3 is 0 Å². The first-order chi connectivity index (χ1) is 8.42. The van der Waals surface area contributed by atoms with Crippen molar-refractivity contribution >= 4 is 33.2 Å². The van der Waals surface area contributed by atoms with Crippen LogP contribution in [0.4, 0.5) is 0 Å². The van der Waals surface area contributed by atoms with Crippen LogP contribution in [0.2, 0.25) is 0 Å². The van der Waals surface area contributed by atoms with Gasteiger partial charge in [-0.05, 0) is 11.1 Å². The van der Waals surface area contributed by atoms with Crippen LogP contribution in [0.25, 0.3) is 33.2 Å². The normalized spacial score (nSPS) is 11.5. The summed E-state index contributed by atoms with van der Waals surface area (Å²) in [6, 6.07) is 8.04. The van der Waals surface area contributed by atoms with Gasteiger partial charge in [0.2, 0.25) is 0 Å². The number of aromatic nitrogens is 5. The average Bonchev–Trinajstić information content (AvgIpc) is 2.73. The molecule has 0 saturated carbocycles. The molecule has 0 radical (unpaired) electrons. The Bertz CT molecular complexity index is 843. The van der Waals surface area contributed by atoms with Gasteiger partial charge < -0.3 is 4.98 Å². The molecule has 0 unspecified atom stereocenters. The van der Waals surface area contributed by atoms with Crippen LogP contribution < -0.4 is 4.98 Å². The molecule has 4 aromatic rings. The maximum absolute atomic E-state index is 4.58. The third-order valence-electron chi connectivity index (χ3n) is 2.82. The average molecular weight is 222 g/mol. The molecule has 1 aromatic carbocycles. The van der Waals surface area contributed by atoms with Crippen LogP contribution in [0.3, 0.4) is 0 Å². The molecule has 0 atom stereocenters. The quantitative estimate of drug-likeness (QED) is 0.490. The van der Waals surface area contributed by atoms with E-state index in [1.165, 1.54) is 0 Å². The molecule has 80 valence electrons. The molecule has 3 heterocycles. The SMILES string of the molecule is c1ccc2c(c1)[nH]c1nc3nc[nH+]cc3nc12. The zero-order valence-electron chi connectivity index (χ0n) is 8.81. The van der Waals surface area contributed by atoms with Gasteiger partial charge in [-0.1, -0.05) is 18.2 Å². The fraction of sp³-hybridized carbons (Fsp3) is 0. The summed E-state index contributed by atoms with van der Waals surface area (Å²) < 4.78 is 0. The van der Waals surface area contributed by atoms with Gasteiger partial charge in [-0.25, -0.2) is 9.97 Å². The highest BCUT2D eigenvalue weighted by Crippen LogP contribution is 2.23. The van der Waals surface area contributed by atoms with Gasteiger partial charge in [0.25, 0.3) is 12.0 Å². The van der Waals surface area contributed by atoms with Gasteiger partial charge in [-0.15, -0.1) is 0 Å². The molecule has 0 aliphatic heterocycles. The summed E-state index contributed by atoms with van der Waals surface area (Å²) in [5.74, 6) is 0. The van der Waals surface area contributed by atoms with E-state index in [0.717, 1.165) is 27.6 Å². The van der Waals surface area contributed by atoms with Gasteiger partial charge in [-0.3, -0.25) is 0 Å². The van der Waals surface area contributed by atoms with Crippen molar-refractivity contribution in [2.24, 2.45) is 0 Å². The summed E-state index contributed by atoms with van der Waals surface area (Å²) in [5, 5.41) is 1.08. The Labute approximate surface area is 95.6 Å². The van der Waals surface area contributed by atoms with E-state index >= 15 is 0 Å². The minimum atomic E-state index is 0.641. The van der Waals surface area contributed by atoms with E-state index in [-0.39, 0.29) is 0 Å². The molecule has 0 bridgehead atoms. The van der Waals surface area contributed by atoms with Crippen molar-refractivity contribution in [2.45, 2.75) is 0 Å². The number of hydrogen-bond acceptors (Lipinski definition) is 3. The molecule has 5 heteroatoms. The maximum atomic E-state index is 4.58. The Morgan fingerprint density at radius 3 is 3.06 bits per heavy atom. The minimum Gasteiger partial charge on any atom is -0.338 e. The van der Waals surface area contributed by atoms with E-state index < -0.39 is 0 Å². The second-order valence-electron chi connectivity index (χ2n) is 3.87. The number of para-hydroxylation sites is 1. The molecule has 0 saturated heterocycles. The van der Waals surface area contributed by atoms with E-state index in [2.05, 4.69) is 24.9 Å². The van der Waals surface area contributed by atoms with Crippen LogP contribution in [0.1, 0.15) is 0 Å². The summed E-state index contributed by atoms with van der Waals surface area (Å²) in [7, 11) is 0. The topological polar surface area (TPSA) is 68.6 Å². The van der Waals surface area contributed by atoms with Crippen molar-refractivity contribution in [1.82, 2.24) is 19.9 Å². The predicted octanol–water partition coefficient (Wildman–Crippen LogP) is 1.47. The van der Waals surface area contributed by atoms with Crippen molar-refractivity contribution in [1.29, 1.82) is 0 Å². The molecule has 4 rings (SSSR count). The number of nitrogens with one attached hydrogen (secondary N) is 2. The lowest BCUT2D eigenvalue weighted by Gasteiger charge is -1.90. The van der Waals surface area contributed by atoms with E-state index in [0.29, 0.717) is 5.65 Å². The minimum absolute atomic E-state index is 0.641. The zero-order valence-corrected chi connectivity index (χ0v) is 8.81. The van der Waals surface area contributed by atoms with Gasteiger partial charge in [0.15, 0.2) is 11.2 Å². The number of H-pyrrole nitrogens is 2. The second-order valence-corrected chi connectivity index (χ2v) is 3.87. The van der Waals surface area contributed by atoms with Crippen LogP contribution in [0.15, 0.2) is 36.8 Å². The zero-order chi connectivity index (χ0) is 11.2. The monoisotopic (exact) mass is 222 g/mol. The molecular formula is C12H8N5+. The number of fused-ring (bicyclic) bond motifs is 4. The number of rotatable bonds is 0. The number of benzene rings is 1. The standard InChI is InChI=1S/C12H7N5/c1-2-4-8-7(3-1)10-12(16-8)17-11-9(15-10)5-13-6-14-11/h1-6H,(H,13,14,16,17)/p+1. The van der Waals surface area contributed by atoms with Gasteiger partial charge in [0.1, 0.15) is 11.7 Å². The third-order valence-corrected chi connectivity index (χ3v) is 2.82. The fourth-order valence-electron chi connectivity index (χ4n) is 2.05. The molecule has 17 heavy (non-hydrogen) atoms. The lowest BCUT2D eigenvalue weighted by Crippen LogP contribution is -2.02. The Kier molecular flexibility index (Phi) is 1.50. The molecule has 0 aliphatic rings. The van der Waals surface area contributed by atoms with Gasteiger partial charge in [0.05, 0.1) is 0 Å². The van der Waals surface area contributed by atoms with Crippen LogP contribution in [-0.4, -0.2) is 19.9 Å². The van der Waals surface area contributed by atoms with Crippen LogP contribution in [0, 0.1) is 0 Å². The van der Waals surface area contributed by atoms with E-state index in [1.807, 2.05) is 24.3 Å². The molecule has 2 N–H and O–H groups in total. The second kappa shape index (κ2) is 2.98. The summed E-state index contributed by atoms with van der Waals surface area (Å²) in [6.45, 7) is 0. The molecule has 0 amide bonds. The Morgan fingerprint density at radius 2 is 2.06 bits per heavy atom. The lowest BCUT2D eigenvalue weighted by molar-refractivity contribution is -0.380. The summed E-state index contributed by atoms with van der Waals surface area (Å²) in [6.07, 6.45) is 3.40. The summed E-state index contributed by atoms with van der Waals surface area (Å²) >= 11 is 0. The van der Waals surface area contributed by atoms with Crippen LogP contribution in [0.5, 0.6) is 0 Å².